The number of amides is 1. The molecule has 1 amide bonds. The summed E-state index contributed by atoms with van der Waals surface area (Å²) in [5.41, 5.74) is 1.29. The molecule has 1 aromatic rings. The van der Waals surface area contributed by atoms with Crippen molar-refractivity contribution < 1.29 is 9.90 Å². The number of aryl methyl sites for hydroxylation is 1. The Morgan fingerprint density at radius 2 is 1.81 bits per heavy atom. The number of likely N-dealkylation sites (N-methyl/N-ethyl adjacent to an activating group) is 2. The van der Waals surface area contributed by atoms with Gasteiger partial charge < -0.3 is 19.8 Å². The number of likely N-dealkylation sites (tertiary alicyclic amines) is 1. The first-order valence-corrected chi connectivity index (χ1v) is 10.3. The minimum absolute atomic E-state index is 0.0333. The second-order valence-corrected chi connectivity index (χ2v) is 8.63. The van der Waals surface area contributed by atoms with E-state index >= 15 is 0 Å². The Morgan fingerprint density at radius 3 is 2.48 bits per heavy atom. The summed E-state index contributed by atoms with van der Waals surface area (Å²) in [5.74, 6) is 0.275. The molecule has 0 spiro atoms. The predicted octanol–water partition coefficient (Wildman–Crippen LogP) is 1.86. The molecule has 0 aliphatic carbocycles. The van der Waals surface area contributed by atoms with E-state index in [-0.39, 0.29) is 17.9 Å². The fourth-order valence-corrected chi connectivity index (χ4v) is 4.42. The van der Waals surface area contributed by atoms with E-state index in [2.05, 4.69) is 48.2 Å². The van der Waals surface area contributed by atoms with Crippen LogP contribution in [0.1, 0.15) is 31.2 Å². The van der Waals surface area contributed by atoms with Crippen LogP contribution in [0, 0.1) is 5.41 Å². The highest BCUT2D eigenvalue weighted by molar-refractivity contribution is 5.77. The minimum atomic E-state index is -0.0333. The zero-order chi connectivity index (χ0) is 19.3. The van der Waals surface area contributed by atoms with Crippen LogP contribution < -0.4 is 0 Å². The predicted molar refractivity (Wildman–Crippen MR) is 109 cm³/mol. The summed E-state index contributed by atoms with van der Waals surface area (Å²) in [7, 11) is 4.26. The molecule has 0 bridgehead atoms. The Balaban J connectivity index is 1.49. The van der Waals surface area contributed by atoms with Gasteiger partial charge in [0.05, 0.1) is 0 Å². The van der Waals surface area contributed by atoms with Gasteiger partial charge >= 0.3 is 0 Å². The van der Waals surface area contributed by atoms with Crippen molar-refractivity contribution >= 4 is 5.91 Å². The van der Waals surface area contributed by atoms with Crippen molar-refractivity contribution in [3.8, 4) is 0 Å². The molecule has 2 aliphatic heterocycles. The molecule has 0 aromatic heterocycles. The first-order chi connectivity index (χ1) is 13.0. The number of hydrogen-bond acceptors (Lipinski definition) is 4. The molecule has 0 unspecified atom stereocenters. The molecule has 2 fully saturated rings. The van der Waals surface area contributed by atoms with Gasteiger partial charge in [0.2, 0.25) is 5.91 Å². The van der Waals surface area contributed by atoms with E-state index in [9.17, 15) is 9.90 Å². The van der Waals surface area contributed by atoms with Crippen LogP contribution >= 0.6 is 0 Å². The summed E-state index contributed by atoms with van der Waals surface area (Å²) in [6.07, 6.45) is 4.40. The lowest BCUT2D eigenvalue weighted by atomic mass is 9.74. The van der Waals surface area contributed by atoms with Gasteiger partial charge in [-0.1, -0.05) is 30.3 Å². The van der Waals surface area contributed by atoms with Gasteiger partial charge in [0.15, 0.2) is 0 Å². The Labute approximate surface area is 163 Å². The smallest absolute Gasteiger partial charge is 0.224 e. The topological polar surface area (TPSA) is 47.0 Å². The molecule has 2 aliphatic rings. The van der Waals surface area contributed by atoms with E-state index in [1.54, 1.807) is 0 Å². The number of aliphatic hydroxyl groups is 1. The van der Waals surface area contributed by atoms with Gasteiger partial charge in [-0.3, -0.25) is 4.79 Å². The van der Waals surface area contributed by atoms with Crippen LogP contribution in [-0.2, 0) is 11.2 Å². The van der Waals surface area contributed by atoms with Crippen LogP contribution in [0.4, 0.5) is 0 Å². The summed E-state index contributed by atoms with van der Waals surface area (Å²) in [5, 5.41) is 10.1. The second-order valence-electron chi connectivity index (χ2n) is 8.63. The lowest BCUT2D eigenvalue weighted by Crippen LogP contribution is -2.52. The lowest BCUT2D eigenvalue weighted by Gasteiger charge is -2.42. The number of piperidine rings is 1. The number of rotatable bonds is 6. The summed E-state index contributed by atoms with van der Waals surface area (Å²) in [4.78, 5) is 19.5. The molecule has 1 aromatic carbocycles. The Kier molecular flexibility index (Phi) is 6.90. The number of carbonyl (C=O) groups excluding carboxylic acids is 1. The molecule has 1 atom stereocenters. The first-order valence-electron chi connectivity index (χ1n) is 10.3. The molecule has 1 N–H and O–H groups in total. The molecule has 0 radical (unpaired) electrons. The molecule has 0 saturated carbocycles. The number of piperazine rings is 1. The Bertz CT molecular complexity index is 599. The normalized spacial score (nSPS) is 24.1. The maximum Gasteiger partial charge on any atom is 0.224 e. The third-order valence-electron chi connectivity index (χ3n) is 6.69. The van der Waals surface area contributed by atoms with Crippen molar-refractivity contribution in [3.63, 3.8) is 0 Å². The van der Waals surface area contributed by atoms with Crippen LogP contribution in [0.15, 0.2) is 30.3 Å². The quantitative estimate of drug-likeness (QED) is 0.827. The van der Waals surface area contributed by atoms with Crippen molar-refractivity contribution in [1.82, 2.24) is 14.7 Å². The first kappa shape index (κ1) is 20.3. The van der Waals surface area contributed by atoms with Crippen LogP contribution in [-0.4, -0.2) is 85.2 Å². The summed E-state index contributed by atoms with van der Waals surface area (Å²) in [6, 6.07) is 10.8. The van der Waals surface area contributed by atoms with Crippen molar-refractivity contribution in [2.24, 2.45) is 5.41 Å². The van der Waals surface area contributed by atoms with Crippen LogP contribution in [0.5, 0.6) is 0 Å². The molecule has 27 heavy (non-hydrogen) atoms. The highest BCUT2D eigenvalue weighted by Gasteiger charge is 2.36. The van der Waals surface area contributed by atoms with E-state index in [1.165, 1.54) is 5.56 Å². The molecule has 2 saturated heterocycles. The highest BCUT2D eigenvalue weighted by atomic mass is 16.3. The van der Waals surface area contributed by atoms with E-state index in [0.717, 1.165) is 58.4 Å². The van der Waals surface area contributed by atoms with Crippen molar-refractivity contribution in [3.05, 3.63) is 35.9 Å². The van der Waals surface area contributed by atoms with Gasteiger partial charge in [0, 0.05) is 51.8 Å². The van der Waals surface area contributed by atoms with E-state index < -0.39 is 0 Å². The molecule has 150 valence electrons. The van der Waals surface area contributed by atoms with Crippen molar-refractivity contribution in [1.29, 1.82) is 0 Å². The minimum Gasteiger partial charge on any atom is -0.396 e. The summed E-state index contributed by atoms with van der Waals surface area (Å²) in [6.45, 7) is 4.85. The molecule has 2 heterocycles. The zero-order valence-electron chi connectivity index (χ0n) is 16.9. The summed E-state index contributed by atoms with van der Waals surface area (Å²) < 4.78 is 0. The lowest BCUT2D eigenvalue weighted by molar-refractivity contribution is -0.136. The molecule has 5 heteroatoms. The number of hydrogen-bond donors (Lipinski definition) is 1. The molecular formula is C22H35N3O2. The van der Waals surface area contributed by atoms with Gasteiger partial charge in [-0.15, -0.1) is 0 Å². The average Bonchev–Trinajstić information content (AvgIpc) is 2.70. The largest absolute Gasteiger partial charge is 0.396 e. The molecule has 5 nitrogen and oxygen atoms in total. The number of aliphatic hydroxyl groups excluding tert-OH is 1. The number of benzene rings is 1. The van der Waals surface area contributed by atoms with Gasteiger partial charge in [0.1, 0.15) is 0 Å². The molecule has 3 rings (SSSR count). The SMILES string of the molecule is CN1CCN(C)[C@@H](CC(=O)N2CCC(CO)(CCc3ccccc3)CC2)C1. The zero-order valence-corrected chi connectivity index (χ0v) is 16.9. The fourth-order valence-electron chi connectivity index (χ4n) is 4.42. The van der Waals surface area contributed by atoms with Gasteiger partial charge in [-0.2, -0.15) is 0 Å². The van der Waals surface area contributed by atoms with Crippen molar-refractivity contribution in [2.45, 2.75) is 38.1 Å². The molecular weight excluding hydrogens is 338 g/mol. The monoisotopic (exact) mass is 373 g/mol. The van der Waals surface area contributed by atoms with E-state index in [0.29, 0.717) is 12.5 Å². The summed E-state index contributed by atoms with van der Waals surface area (Å²) >= 11 is 0. The third-order valence-corrected chi connectivity index (χ3v) is 6.69. The van der Waals surface area contributed by atoms with Gasteiger partial charge in [-0.05, 0) is 50.8 Å². The third kappa shape index (κ3) is 5.31. The fraction of sp³-hybridized carbons (Fsp3) is 0.682. The van der Waals surface area contributed by atoms with E-state index in [1.807, 2.05) is 11.0 Å². The number of nitrogens with zero attached hydrogens (tertiary/aromatic N) is 3. The maximum absolute atomic E-state index is 12.8. The van der Waals surface area contributed by atoms with Gasteiger partial charge in [-0.25, -0.2) is 0 Å². The second kappa shape index (κ2) is 9.18. The highest BCUT2D eigenvalue weighted by Crippen LogP contribution is 2.36. The standard InChI is InChI=1S/C22H35N3O2/c1-23-14-15-24(2)20(17-23)16-21(27)25-12-10-22(18-26,11-13-25)9-8-19-6-4-3-5-7-19/h3-7,20,26H,8-18H2,1-2H3/t20-/m0/s1. The van der Waals surface area contributed by atoms with Crippen molar-refractivity contribution in [2.75, 3.05) is 53.4 Å². The number of carbonyl (C=O) groups is 1. The maximum atomic E-state index is 12.8. The average molecular weight is 374 g/mol. The van der Waals surface area contributed by atoms with Crippen LogP contribution in [0.25, 0.3) is 0 Å². The van der Waals surface area contributed by atoms with Gasteiger partial charge in [0.25, 0.3) is 0 Å². The van der Waals surface area contributed by atoms with E-state index in [4.69, 9.17) is 0 Å². The van der Waals surface area contributed by atoms with Crippen LogP contribution in [0.3, 0.4) is 0 Å². The Hall–Kier alpha value is -1.43. The Morgan fingerprint density at radius 1 is 1.11 bits per heavy atom. The van der Waals surface area contributed by atoms with Crippen LogP contribution in [0.2, 0.25) is 0 Å².